The lowest BCUT2D eigenvalue weighted by Crippen LogP contribution is -2.11. The van der Waals surface area contributed by atoms with Crippen LogP contribution >= 0.6 is 34.4 Å². The van der Waals surface area contributed by atoms with Crippen LogP contribution in [0.3, 0.4) is 0 Å². The quantitative estimate of drug-likeness (QED) is 0.691. The number of hydrogen-bond acceptors (Lipinski definition) is 6. The highest BCUT2D eigenvalue weighted by Gasteiger charge is 2.22. The molecule has 3 aromatic rings. The molecule has 0 amide bonds. The minimum atomic E-state index is -0.902. The summed E-state index contributed by atoms with van der Waals surface area (Å²) in [6.07, 6.45) is 4.92. The first-order chi connectivity index (χ1) is 12.1. The van der Waals surface area contributed by atoms with Gasteiger partial charge in [0.15, 0.2) is 0 Å². The zero-order chi connectivity index (χ0) is 17.4. The second kappa shape index (κ2) is 6.78. The fourth-order valence-electron chi connectivity index (χ4n) is 2.94. The summed E-state index contributed by atoms with van der Waals surface area (Å²) in [6.45, 7) is 0. The number of aromatic nitrogens is 2. The van der Waals surface area contributed by atoms with Crippen LogP contribution in [-0.4, -0.2) is 26.8 Å². The molecule has 0 radical (unpaired) electrons. The summed E-state index contributed by atoms with van der Waals surface area (Å²) in [5, 5.41) is 11.7. The molecule has 5 nitrogen and oxygen atoms in total. The number of nitrogens with zero attached hydrogens (tertiary/aromatic N) is 1. The molecule has 0 spiro atoms. The highest BCUT2D eigenvalue weighted by Crippen LogP contribution is 2.36. The number of hydrogen-bond donors (Lipinski definition) is 2. The van der Waals surface area contributed by atoms with Crippen molar-refractivity contribution >= 4 is 61.6 Å². The zero-order valence-electron chi connectivity index (χ0n) is 13.1. The molecule has 0 aromatic carbocycles. The third-order valence-corrected chi connectivity index (χ3v) is 6.99. The van der Waals surface area contributed by atoms with E-state index in [0.29, 0.717) is 16.1 Å². The van der Waals surface area contributed by atoms with E-state index in [0.717, 1.165) is 34.5 Å². The van der Waals surface area contributed by atoms with Gasteiger partial charge in [-0.3, -0.25) is 9.59 Å². The molecule has 0 fully saturated rings. The molecule has 0 saturated carbocycles. The Morgan fingerprint density at radius 2 is 2.32 bits per heavy atom. The molecule has 1 aliphatic carbocycles. The minimum absolute atomic E-state index is 0.0834. The summed E-state index contributed by atoms with van der Waals surface area (Å²) in [5.41, 5.74) is 1.01. The lowest BCUT2D eigenvalue weighted by molar-refractivity contribution is -0.133. The molecule has 128 valence electrons. The van der Waals surface area contributed by atoms with Crippen molar-refractivity contribution in [1.29, 1.82) is 0 Å². The predicted octanol–water partition coefficient (Wildman–Crippen LogP) is 3.85. The van der Waals surface area contributed by atoms with Crippen LogP contribution < -0.4 is 5.56 Å². The largest absolute Gasteiger partial charge is 0.481 e. The second-order valence-electron chi connectivity index (χ2n) is 5.66. The molecular weight excluding hydrogens is 376 g/mol. The Bertz CT molecular complexity index is 1030. The number of nitrogens with one attached hydrogen (secondary N) is 1. The number of H-pyrrole nitrogens is 1. The van der Waals surface area contributed by atoms with E-state index in [4.69, 9.17) is 5.11 Å². The molecular formula is C17H14N2O3S3. The zero-order valence-corrected chi connectivity index (χ0v) is 15.5. The van der Waals surface area contributed by atoms with Crippen molar-refractivity contribution in [2.45, 2.75) is 19.3 Å². The second-order valence-corrected chi connectivity index (χ2v) is 8.74. The normalized spacial score (nSPS) is 14.2. The minimum Gasteiger partial charge on any atom is -0.481 e. The number of fused-ring (bicyclic) bond motifs is 3. The van der Waals surface area contributed by atoms with E-state index in [2.05, 4.69) is 9.97 Å². The molecule has 0 unspecified atom stereocenters. The number of thioether (sulfide) groups is 1. The molecule has 3 aromatic heterocycles. The number of carbonyl (C=O) groups is 1. The number of carboxylic acids is 1. The van der Waals surface area contributed by atoms with E-state index in [1.807, 2.05) is 23.6 Å². The molecule has 8 heteroatoms. The van der Waals surface area contributed by atoms with Crippen LogP contribution in [0.5, 0.6) is 0 Å². The summed E-state index contributed by atoms with van der Waals surface area (Å²) in [6, 6.07) is 3.88. The van der Waals surface area contributed by atoms with Crippen LogP contribution in [0, 0.1) is 0 Å². The Morgan fingerprint density at radius 3 is 3.08 bits per heavy atom. The molecule has 0 atom stereocenters. The van der Waals surface area contributed by atoms with Gasteiger partial charge in [0.1, 0.15) is 10.7 Å². The summed E-state index contributed by atoms with van der Waals surface area (Å²) >= 11 is 4.31. The first-order valence-corrected chi connectivity index (χ1v) is 10.4. The number of aliphatic carboxylic acids is 1. The van der Waals surface area contributed by atoms with E-state index in [1.54, 1.807) is 22.7 Å². The predicted molar refractivity (Wildman–Crippen MR) is 105 cm³/mol. The topological polar surface area (TPSA) is 83.0 Å². The first kappa shape index (κ1) is 16.6. The molecule has 25 heavy (non-hydrogen) atoms. The number of aryl methyl sites for hydroxylation is 2. The standard InChI is InChI=1S/C17H14N2O3S3/c20-13(21)8-24-12(7-9-3-2-6-23-9)15-18-16(22)14-10-4-1-5-11(10)25-17(14)19-15/h2-3,6-7H,1,4-5,8H2,(H,20,21)(H,18,19,22)/b12-7-. The summed E-state index contributed by atoms with van der Waals surface area (Å²) in [7, 11) is 0. The van der Waals surface area contributed by atoms with Gasteiger partial charge in [-0.2, -0.15) is 0 Å². The van der Waals surface area contributed by atoms with Crippen molar-refractivity contribution in [2.75, 3.05) is 5.75 Å². The Labute approximate surface area is 155 Å². The van der Waals surface area contributed by atoms with Crippen molar-refractivity contribution in [3.05, 3.63) is 49.0 Å². The summed E-state index contributed by atoms with van der Waals surface area (Å²) in [5.74, 6) is -0.544. The van der Waals surface area contributed by atoms with Gasteiger partial charge in [0.2, 0.25) is 0 Å². The molecule has 2 N–H and O–H groups in total. The number of thiophene rings is 2. The van der Waals surface area contributed by atoms with Crippen LogP contribution in [0.2, 0.25) is 0 Å². The fraction of sp³-hybridized carbons (Fsp3) is 0.235. The van der Waals surface area contributed by atoms with E-state index in [9.17, 15) is 9.59 Å². The summed E-state index contributed by atoms with van der Waals surface area (Å²) < 4.78 is 0. The monoisotopic (exact) mass is 390 g/mol. The van der Waals surface area contributed by atoms with Gasteiger partial charge >= 0.3 is 5.97 Å². The van der Waals surface area contributed by atoms with Gasteiger partial charge < -0.3 is 10.1 Å². The average molecular weight is 391 g/mol. The number of aromatic amines is 1. The highest BCUT2D eigenvalue weighted by molar-refractivity contribution is 8.09. The lowest BCUT2D eigenvalue weighted by atomic mass is 10.2. The van der Waals surface area contributed by atoms with E-state index < -0.39 is 5.97 Å². The van der Waals surface area contributed by atoms with Crippen LogP contribution in [0.4, 0.5) is 0 Å². The molecule has 3 heterocycles. The molecule has 0 bridgehead atoms. The maximum atomic E-state index is 12.6. The van der Waals surface area contributed by atoms with Crippen LogP contribution in [0.1, 0.15) is 27.6 Å². The van der Waals surface area contributed by atoms with E-state index in [-0.39, 0.29) is 11.3 Å². The molecule has 1 aliphatic rings. The fourth-order valence-corrected chi connectivity index (χ4v) is 5.66. The van der Waals surface area contributed by atoms with Crippen LogP contribution in [0.25, 0.3) is 21.2 Å². The first-order valence-electron chi connectivity index (χ1n) is 7.76. The van der Waals surface area contributed by atoms with Gasteiger partial charge in [-0.25, -0.2) is 4.98 Å². The van der Waals surface area contributed by atoms with Gasteiger partial charge in [-0.1, -0.05) is 6.07 Å². The maximum Gasteiger partial charge on any atom is 0.313 e. The summed E-state index contributed by atoms with van der Waals surface area (Å²) in [4.78, 5) is 34.8. The average Bonchev–Trinajstić information content (AvgIpc) is 3.27. The molecule has 0 aliphatic heterocycles. The Balaban J connectivity index is 1.81. The maximum absolute atomic E-state index is 12.6. The van der Waals surface area contributed by atoms with Gasteiger partial charge in [0.05, 0.1) is 16.0 Å². The van der Waals surface area contributed by atoms with Crippen molar-refractivity contribution in [3.8, 4) is 0 Å². The van der Waals surface area contributed by atoms with Gasteiger partial charge in [-0.05, 0) is 42.3 Å². The van der Waals surface area contributed by atoms with Gasteiger partial charge in [0.25, 0.3) is 5.56 Å². The van der Waals surface area contributed by atoms with Crippen molar-refractivity contribution < 1.29 is 9.90 Å². The molecule has 4 rings (SSSR count). The van der Waals surface area contributed by atoms with E-state index in [1.165, 1.54) is 16.6 Å². The Kier molecular flexibility index (Phi) is 4.49. The lowest BCUT2D eigenvalue weighted by Gasteiger charge is -2.05. The van der Waals surface area contributed by atoms with Crippen LogP contribution in [-0.2, 0) is 17.6 Å². The molecule has 0 saturated heterocycles. The third-order valence-electron chi connectivity index (χ3n) is 3.98. The van der Waals surface area contributed by atoms with Crippen molar-refractivity contribution in [1.82, 2.24) is 9.97 Å². The van der Waals surface area contributed by atoms with Crippen molar-refractivity contribution in [3.63, 3.8) is 0 Å². The van der Waals surface area contributed by atoms with Gasteiger partial charge in [0, 0.05) is 9.75 Å². The Hall–Kier alpha value is -1.90. The Morgan fingerprint density at radius 1 is 1.44 bits per heavy atom. The number of rotatable bonds is 5. The van der Waals surface area contributed by atoms with Crippen LogP contribution in [0.15, 0.2) is 22.3 Å². The van der Waals surface area contributed by atoms with E-state index >= 15 is 0 Å². The van der Waals surface area contributed by atoms with Gasteiger partial charge in [-0.15, -0.1) is 34.4 Å². The SMILES string of the molecule is O=C(O)CS/C(=C\c1cccs1)c1nc2sc3c(c2c(=O)[nH]1)CCC3. The number of carboxylic acid groups (broad SMARTS) is 1. The third kappa shape index (κ3) is 3.29. The highest BCUT2D eigenvalue weighted by atomic mass is 32.2. The smallest absolute Gasteiger partial charge is 0.313 e. The van der Waals surface area contributed by atoms with Crippen molar-refractivity contribution in [2.24, 2.45) is 0 Å².